The Bertz CT molecular complexity index is 1500. The van der Waals surface area contributed by atoms with Gasteiger partial charge in [-0.25, -0.2) is 9.97 Å². The molecule has 0 aliphatic rings. The first-order valence-electron chi connectivity index (χ1n) is 16.0. The first-order chi connectivity index (χ1) is 21.7. The maximum atomic E-state index is 12.5. The lowest BCUT2D eigenvalue weighted by atomic mass is 10.0. The molecule has 46 heavy (non-hydrogen) atoms. The van der Waals surface area contributed by atoms with Crippen molar-refractivity contribution in [1.29, 1.82) is 0 Å². The highest BCUT2D eigenvalue weighted by molar-refractivity contribution is 6.32. The lowest BCUT2D eigenvalue weighted by Crippen LogP contribution is -2.33. The Balaban J connectivity index is 1.50. The van der Waals surface area contributed by atoms with Gasteiger partial charge in [-0.05, 0) is 34.8 Å². The summed E-state index contributed by atoms with van der Waals surface area (Å²) in [4.78, 5) is 41.0. The van der Waals surface area contributed by atoms with Crippen LogP contribution in [0.3, 0.4) is 0 Å². The van der Waals surface area contributed by atoms with Crippen molar-refractivity contribution in [3.63, 3.8) is 0 Å². The zero-order chi connectivity index (χ0) is 33.7. The van der Waals surface area contributed by atoms with Gasteiger partial charge in [-0.15, -0.1) is 0 Å². The maximum absolute atomic E-state index is 12.5. The summed E-state index contributed by atoms with van der Waals surface area (Å²) in [5.41, 5.74) is 5.10. The van der Waals surface area contributed by atoms with Gasteiger partial charge < -0.3 is 20.6 Å². The van der Waals surface area contributed by atoms with Crippen LogP contribution in [0.15, 0.2) is 48.5 Å². The number of amides is 2. The highest BCUT2D eigenvalue weighted by Gasteiger charge is 2.25. The van der Waals surface area contributed by atoms with Gasteiger partial charge in [-0.1, -0.05) is 127 Å². The fourth-order valence-electron chi connectivity index (χ4n) is 5.36. The van der Waals surface area contributed by atoms with Crippen LogP contribution in [0.1, 0.15) is 92.0 Å². The summed E-state index contributed by atoms with van der Waals surface area (Å²) in [6.45, 7) is 16.3. The molecule has 4 aromatic rings. The van der Waals surface area contributed by atoms with E-state index in [1.165, 1.54) is 0 Å². The van der Waals surface area contributed by atoms with Crippen LogP contribution in [0, 0.1) is 23.7 Å². The van der Waals surface area contributed by atoms with Gasteiger partial charge in [-0.3, -0.25) is 9.59 Å². The van der Waals surface area contributed by atoms with E-state index in [1.807, 2.05) is 104 Å². The van der Waals surface area contributed by atoms with Crippen molar-refractivity contribution in [2.45, 2.75) is 80.3 Å². The predicted molar refractivity (Wildman–Crippen MR) is 187 cm³/mol. The number of halogens is 2. The summed E-state index contributed by atoms with van der Waals surface area (Å²) in [6.07, 6.45) is 0.916. The minimum absolute atomic E-state index is 0.00139. The van der Waals surface area contributed by atoms with Crippen molar-refractivity contribution >= 4 is 35.0 Å². The Hall–Kier alpha value is -3.62. The Kier molecular flexibility index (Phi) is 11.7. The Labute approximate surface area is 282 Å². The van der Waals surface area contributed by atoms with Crippen molar-refractivity contribution in [1.82, 2.24) is 30.6 Å². The van der Waals surface area contributed by atoms with Gasteiger partial charge in [0.2, 0.25) is 11.8 Å². The van der Waals surface area contributed by atoms with E-state index in [1.54, 1.807) is 0 Å². The molecule has 0 aliphatic carbocycles. The number of nitrogens with zero attached hydrogens (tertiary/aromatic N) is 2. The molecule has 0 unspecified atom stereocenters. The summed E-state index contributed by atoms with van der Waals surface area (Å²) >= 11 is 13.2. The lowest BCUT2D eigenvalue weighted by molar-refractivity contribution is -0.123. The second-order valence-electron chi connectivity index (χ2n) is 13.5. The molecule has 4 N–H and O–H groups in total. The third-order valence-electron chi connectivity index (χ3n) is 7.75. The minimum atomic E-state index is -0.269. The monoisotopic (exact) mass is 664 g/mol. The van der Waals surface area contributed by atoms with Crippen molar-refractivity contribution < 1.29 is 9.59 Å². The Morgan fingerprint density at radius 3 is 1.17 bits per heavy atom. The first kappa shape index (κ1) is 35.2. The van der Waals surface area contributed by atoms with Gasteiger partial charge >= 0.3 is 0 Å². The molecule has 8 nitrogen and oxygen atoms in total. The zero-order valence-corrected chi connectivity index (χ0v) is 29.5. The van der Waals surface area contributed by atoms with Gasteiger partial charge in [-0.2, -0.15) is 0 Å². The second-order valence-corrected chi connectivity index (χ2v) is 14.3. The van der Waals surface area contributed by atoms with Gasteiger partial charge in [0.1, 0.15) is 33.3 Å². The number of carbonyl (C=O) groups excluding carboxylic acids is 2. The van der Waals surface area contributed by atoms with Crippen LogP contribution in [-0.2, 0) is 9.59 Å². The van der Waals surface area contributed by atoms with E-state index in [-0.39, 0.29) is 47.6 Å². The number of aromatic nitrogens is 4. The van der Waals surface area contributed by atoms with E-state index >= 15 is 0 Å². The Morgan fingerprint density at radius 2 is 0.891 bits per heavy atom. The fraction of sp³-hybridized carbons (Fsp3) is 0.444. The van der Waals surface area contributed by atoms with Crippen LogP contribution in [0.4, 0.5) is 0 Å². The summed E-state index contributed by atoms with van der Waals surface area (Å²) in [7, 11) is 0. The lowest BCUT2D eigenvalue weighted by Gasteiger charge is -2.21. The van der Waals surface area contributed by atoms with Crippen LogP contribution in [0.5, 0.6) is 0 Å². The number of rotatable bonds is 13. The molecular weight excluding hydrogens is 619 g/mol. The van der Waals surface area contributed by atoms with Gasteiger partial charge in [0.05, 0.1) is 12.1 Å². The molecule has 0 spiro atoms. The molecule has 0 bridgehead atoms. The fourth-order valence-corrected chi connectivity index (χ4v) is 5.86. The number of nitrogens with one attached hydrogen (secondary N) is 4. The first-order valence-corrected chi connectivity index (χ1v) is 16.8. The average Bonchev–Trinajstić information content (AvgIpc) is 3.56. The molecule has 2 heterocycles. The van der Waals surface area contributed by atoms with Crippen LogP contribution < -0.4 is 10.6 Å². The number of hydrogen-bond donors (Lipinski definition) is 4. The molecule has 2 aromatic heterocycles. The summed E-state index contributed by atoms with van der Waals surface area (Å²) < 4.78 is 0. The van der Waals surface area contributed by atoms with Crippen molar-refractivity contribution in [3.05, 3.63) is 70.5 Å². The number of H-pyrrole nitrogens is 2. The third-order valence-corrected chi connectivity index (χ3v) is 8.30. The zero-order valence-electron chi connectivity index (χ0n) is 28.0. The summed E-state index contributed by atoms with van der Waals surface area (Å²) in [5.74, 6) is 2.09. The molecule has 0 saturated heterocycles. The molecule has 4 rings (SSSR count). The van der Waals surface area contributed by atoms with Gasteiger partial charge in [0.15, 0.2) is 0 Å². The second kappa shape index (κ2) is 15.3. The average molecular weight is 666 g/mol. The van der Waals surface area contributed by atoms with E-state index < -0.39 is 0 Å². The molecule has 0 aliphatic heterocycles. The van der Waals surface area contributed by atoms with E-state index in [0.717, 1.165) is 22.3 Å². The van der Waals surface area contributed by atoms with Crippen LogP contribution in [-0.4, -0.2) is 31.8 Å². The molecule has 2 atom stereocenters. The van der Waals surface area contributed by atoms with Crippen LogP contribution in [0.2, 0.25) is 10.3 Å². The third kappa shape index (κ3) is 8.80. The van der Waals surface area contributed by atoms with E-state index in [4.69, 9.17) is 33.2 Å². The summed E-state index contributed by atoms with van der Waals surface area (Å²) in [6, 6.07) is 15.6. The molecule has 246 valence electrons. The number of hydrogen-bond acceptors (Lipinski definition) is 4. The predicted octanol–water partition coefficient (Wildman–Crippen LogP) is 9.16. The Morgan fingerprint density at radius 1 is 0.587 bits per heavy atom. The van der Waals surface area contributed by atoms with E-state index in [0.29, 0.717) is 46.2 Å². The number of aromatic amines is 2. The largest absolute Gasteiger partial charge is 0.346 e. The number of carbonyl (C=O) groups is 2. The highest BCUT2D eigenvalue weighted by Crippen LogP contribution is 2.34. The maximum Gasteiger partial charge on any atom is 0.220 e. The number of imidazole rings is 2. The van der Waals surface area contributed by atoms with E-state index in [2.05, 4.69) is 20.6 Å². The quantitative estimate of drug-likeness (QED) is 0.114. The van der Waals surface area contributed by atoms with Gasteiger partial charge in [0.25, 0.3) is 0 Å². The SMILES string of the molecule is CC(C)CC(=O)N[C@H](c1nc(-c2ccc(-c3ccc(-c4nc([C@@H](NC(=O)CC(C)C)C(C)C)[nH]c4Cl)cc3)cc2)c(Cl)[nH]1)C(C)C. The van der Waals surface area contributed by atoms with Crippen molar-refractivity contribution in [3.8, 4) is 33.6 Å². The smallest absolute Gasteiger partial charge is 0.220 e. The van der Waals surface area contributed by atoms with E-state index in [9.17, 15) is 9.59 Å². The minimum Gasteiger partial charge on any atom is -0.346 e. The molecular formula is C36H46Cl2N6O2. The van der Waals surface area contributed by atoms with Crippen molar-refractivity contribution in [2.24, 2.45) is 23.7 Å². The normalized spacial score (nSPS) is 13.1. The summed E-state index contributed by atoms with van der Waals surface area (Å²) in [5, 5.41) is 7.09. The standard InChI is InChI=1S/C36H46Cl2N6O2/c1-19(2)17-27(45)39-29(21(5)6)35-41-31(33(37)43-35)25-13-9-23(10-14-25)24-11-15-26(16-12-24)32-34(38)44-36(42-32)30(22(7)8)40-28(46)18-20(3)4/h9-16,19-22,29-30H,17-18H2,1-8H3,(H,39,45)(H,40,46)(H,41,43)(H,42,44)/t29-,30-/m0/s1. The van der Waals surface area contributed by atoms with Crippen LogP contribution >= 0.6 is 23.2 Å². The molecule has 0 fully saturated rings. The topological polar surface area (TPSA) is 116 Å². The van der Waals surface area contributed by atoms with Crippen molar-refractivity contribution in [2.75, 3.05) is 0 Å². The molecule has 10 heteroatoms. The van der Waals surface area contributed by atoms with Gasteiger partial charge in [0, 0.05) is 24.0 Å². The molecule has 0 radical (unpaired) electrons. The van der Waals surface area contributed by atoms with Crippen LogP contribution in [0.25, 0.3) is 33.6 Å². The molecule has 0 saturated carbocycles. The molecule has 2 aromatic carbocycles. The number of benzene rings is 2. The highest BCUT2D eigenvalue weighted by atomic mass is 35.5. The molecule has 2 amide bonds.